The van der Waals surface area contributed by atoms with Crippen LogP contribution in [0.5, 0.6) is 0 Å². The first-order valence-electron chi connectivity index (χ1n) is 5.90. The molecule has 0 bridgehead atoms. The Bertz CT molecular complexity index is 514. The predicted octanol–water partition coefficient (Wildman–Crippen LogP) is 1.72. The molecule has 0 amide bonds. The summed E-state index contributed by atoms with van der Waals surface area (Å²) in [7, 11) is 0. The Labute approximate surface area is 105 Å². The van der Waals surface area contributed by atoms with E-state index in [1.165, 1.54) is 0 Å². The molecule has 5 nitrogen and oxygen atoms in total. The van der Waals surface area contributed by atoms with Gasteiger partial charge in [0.05, 0.1) is 23.6 Å². The quantitative estimate of drug-likeness (QED) is 0.705. The standard InChI is InChI=1S/C13H16N2O3/c1-2-18-13(17)11-9(5-7-16)8-15-12(11)10-4-3-6-14-10/h3-4,6,8,14-16H,2,5,7H2,1H3. The van der Waals surface area contributed by atoms with E-state index in [2.05, 4.69) is 9.97 Å². The fourth-order valence-electron chi connectivity index (χ4n) is 1.92. The Balaban J connectivity index is 2.44. The fraction of sp³-hybridized carbons (Fsp3) is 0.308. The number of aliphatic hydroxyl groups excluding tert-OH is 1. The van der Waals surface area contributed by atoms with Crippen LogP contribution in [0.25, 0.3) is 11.4 Å². The average Bonchev–Trinajstić information content (AvgIpc) is 2.97. The Morgan fingerprint density at radius 2 is 2.28 bits per heavy atom. The highest BCUT2D eigenvalue weighted by Crippen LogP contribution is 2.25. The van der Waals surface area contributed by atoms with Crippen LogP contribution in [-0.4, -0.2) is 34.3 Å². The molecule has 0 aliphatic rings. The lowest BCUT2D eigenvalue weighted by atomic mass is 10.1. The first-order valence-corrected chi connectivity index (χ1v) is 5.90. The van der Waals surface area contributed by atoms with Crippen molar-refractivity contribution in [3.05, 3.63) is 35.7 Å². The van der Waals surface area contributed by atoms with Crippen LogP contribution in [0.3, 0.4) is 0 Å². The molecular formula is C13H16N2O3. The maximum absolute atomic E-state index is 12.0. The number of carbonyl (C=O) groups is 1. The average molecular weight is 248 g/mol. The molecule has 0 saturated heterocycles. The van der Waals surface area contributed by atoms with E-state index in [1.807, 2.05) is 12.1 Å². The molecule has 2 heterocycles. The highest BCUT2D eigenvalue weighted by molar-refractivity contribution is 5.97. The summed E-state index contributed by atoms with van der Waals surface area (Å²) < 4.78 is 5.06. The monoisotopic (exact) mass is 248 g/mol. The number of nitrogens with one attached hydrogen (secondary N) is 2. The zero-order valence-electron chi connectivity index (χ0n) is 10.2. The van der Waals surface area contributed by atoms with E-state index in [0.29, 0.717) is 24.3 Å². The minimum absolute atomic E-state index is 0.00553. The van der Waals surface area contributed by atoms with Crippen LogP contribution in [-0.2, 0) is 11.2 Å². The summed E-state index contributed by atoms with van der Waals surface area (Å²) in [5.41, 5.74) is 2.78. The van der Waals surface area contributed by atoms with Crippen molar-refractivity contribution in [3.8, 4) is 11.4 Å². The van der Waals surface area contributed by atoms with Crippen LogP contribution < -0.4 is 0 Å². The Morgan fingerprint density at radius 3 is 2.89 bits per heavy atom. The lowest BCUT2D eigenvalue weighted by Gasteiger charge is -2.05. The lowest BCUT2D eigenvalue weighted by Crippen LogP contribution is -2.08. The summed E-state index contributed by atoms with van der Waals surface area (Å²) >= 11 is 0. The van der Waals surface area contributed by atoms with Crippen LogP contribution in [0.15, 0.2) is 24.5 Å². The Hall–Kier alpha value is -2.01. The van der Waals surface area contributed by atoms with E-state index in [-0.39, 0.29) is 12.6 Å². The van der Waals surface area contributed by atoms with E-state index in [1.54, 1.807) is 19.3 Å². The molecule has 0 aliphatic carbocycles. The van der Waals surface area contributed by atoms with Gasteiger partial charge in [0.15, 0.2) is 0 Å². The molecule has 5 heteroatoms. The number of carbonyl (C=O) groups excluding carboxylic acids is 1. The van der Waals surface area contributed by atoms with Crippen LogP contribution in [0.1, 0.15) is 22.8 Å². The second-order valence-electron chi connectivity index (χ2n) is 3.84. The van der Waals surface area contributed by atoms with Crippen molar-refractivity contribution < 1.29 is 14.6 Å². The molecule has 0 atom stereocenters. The van der Waals surface area contributed by atoms with Gasteiger partial charge in [-0.3, -0.25) is 0 Å². The van der Waals surface area contributed by atoms with Crippen LogP contribution in [0, 0.1) is 0 Å². The van der Waals surface area contributed by atoms with Gasteiger partial charge in [0.2, 0.25) is 0 Å². The van der Waals surface area contributed by atoms with Crippen LogP contribution in [0.2, 0.25) is 0 Å². The molecule has 0 saturated carbocycles. The number of aromatic amines is 2. The number of H-pyrrole nitrogens is 2. The van der Waals surface area contributed by atoms with Gasteiger partial charge in [-0.25, -0.2) is 4.79 Å². The van der Waals surface area contributed by atoms with Gasteiger partial charge in [0.1, 0.15) is 0 Å². The largest absolute Gasteiger partial charge is 0.462 e. The maximum atomic E-state index is 12.0. The molecule has 2 aromatic rings. The summed E-state index contributed by atoms with van der Waals surface area (Å²) in [6.07, 6.45) is 3.95. The second kappa shape index (κ2) is 5.55. The van der Waals surface area contributed by atoms with E-state index < -0.39 is 0 Å². The Morgan fingerprint density at radius 1 is 1.44 bits per heavy atom. The zero-order chi connectivity index (χ0) is 13.0. The smallest absolute Gasteiger partial charge is 0.340 e. The molecule has 2 aromatic heterocycles. The van der Waals surface area contributed by atoms with E-state index in [9.17, 15) is 4.79 Å². The summed E-state index contributed by atoms with van der Waals surface area (Å²) in [4.78, 5) is 18.1. The summed E-state index contributed by atoms with van der Waals surface area (Å²) in [6.45, 7) is 2.09. The third-order valence-corrected chi connectivity index (χ3v) is 2.69. The fourth-order valence-corrected chi connectivity index (χ4v) is 1.92. The minimum Gasteiger partial charge on any atom is -0.462 e. The second-order valence-corrected chi connectivity index (χ2v) is 3.84. The van der Waals surface area contributed by atoms with Crippen molar-refractivity contribution in [2.45, 2.75) is 13.3 Å². The normalized spacial score (nSPS) is 10.6. The van der Waals surface area contributed by atoms with Crippen molar-refractivity contribution in [1.29, 1.82) is 0 Å². The highest BCUT2D eigenvalue weighted by Gasteiger charge is 2.20. The molecule has 0 aromatic carbocycles. The lowest BCUT2D eigenvalue weighted by molar-refractivity contribution is 0.0526. The molecule has 0 fully saturated rings. The molecular weight excluding hydrogens is 232 g/mol. The first-order chi connectivity index (χ1) is 8.77. The topological polar surface area (TPSA) is 78.1 Å². The molecule has 18 heavy (non-hydrogen) atoms. The van der Waals surface area contributed by atoms with Gasteiger partial charge in [-0.15, -0.1) is 0 Å². The van der Waals surface area contributed by atoms with Crippen LogP contribution in [0.4, 0.5) is 0 Å². The maximum Gasteiger partial charge on any atom is 0.340 e. The number of hydrogen-bond acceptors (Lipinski definition) is 3. The summed E-state index contributed by atoms with van der Waals surface area (Å²) in [6, 6.07) is 3.73. The van der Waals surface area contributed by atoms with Gasteiger partial charge in [-0.1, -0.05) is 0 Å². The molecule has 0 radical (unpaired) electrons. The number of esters is 1. The SMILES string of the molecule is CCOC(=O)c1c(CCO)c[nH]c1-c1ccc[nH]1. The first kappa shape index (κ1) is 12.4. The third-order valence-electron chi connectivity index (χ3n) is 2.69. The zero-order valence-corrected chi connectivity index (χ0v) is 10.2. The molecule has 0 spiro atoms. The molecule has 0 aliphatic heterocycles. The highest BCUT2D eigenvalue weighted by atomic mass is 16.5. The van der Waals surface area contributed by atoms with E-state index >= 15 is 0 Å². The van der Waals surface area contributed by atoms with E-state index in [4.69, 9.17) is 9.84 Å². The Kier molecular flexibility index (Phi) is 3.84. The number of aromatic nitrogens is 2. The van der Waals surface area contributed by atoms with Crippen molar-refractivity contribution in [3.63, 3.8) is 0 Å². The minimum atomic E-state index is -0.369. The van der Waals surface area contributed by atoms with Gasteiger partial charge < -0.3 is 19.8 Å². The van der Waals surface area contributed by atoms with Crippen molar-refractivity contribution in [2.75, 3.05) is 13.2 Å². The number of ether oxygens (including phenoxy) is 1. The van der Waals surface area contributed by atoms with Crippen molar-refractivity contribution in [1.82, 2.24) is 9.97 Å². The molecule has 3 N–H and O–H groups in total. The number of aliphatic hydroxyl groups is 1. The molecule has 0 unspecified atom stereocenters. The van der Waals surface area contributed by atoms with Gasteiger partial charge in [-0.2, -0.15) is 0 Å². The molecule has 96 valence electrons. The molecule has 2 rings (SSSR count). The van der Waals surface area contributed by atoms with Crippen molar-refractivity contribution in [2.24, 2.45) is 0 Å². The number of rotatable bonds is 5. The van der Waals surface area contributed by atoms with Gasteiger partial charge >= 0.3 is 5.97 Å². The third kappa shape index (κ3) is 2.31. The van der Waals surface area contributed by atoms with Gasteiger partial charge in [0, 0.05) is 19.0 Å². The van der Waals surface area contributed by atoms with Gasteiger partial charge in [-0.05, 0) is 31.0 Å². The van der Waals surface area contributed by atoms with Crippen molar-refractivity contribution >= 4 is 5.97 Å². The summed E-state index contributed by atoms with van der Waals surface area (Å²) in [5.74, 6) is -0.369. The van der Waals surface area contributed by atoms with Crippen LogP contribution >= 0.6 is 0 Å². The predicted molar refractivity (Wildman–Crippen MR) is 67.3 cm³/mol. The van der Waals surface area contributed by atoms with E-state index in [0.717, 1.165) is 11.3 Å². The number of hydrogen-bond donors (Lipinski definition) is 3. The summed E-state index contributed by atoms with van der Waals surface area (Å²) in [5, 5.41) is 9.02. The van der Waals surface area contributed by atoms with Gasteiger partial charge in [0.25, 0.3) is 0 Å².